The SMILES string of the molecule is Cl.c1ccc(Cc2ccc(OCC3CCCN3)nc2)cc1. The van der Waals surface area contributed by atoms with Crippen molar-refractivity contribution in [3.8, 4) is 5.88 Å². The van der Waals surface area contributed by atoms with Crippen molar-refractivity contribution in [1.82, 2.24) is 10.3 Å². The Kier molecular flexibility index (Phi) is 6.03. The number of benzene rings is 1. The van der Waals surface area contributed by atoms with E-state index in [9.17, 15) is 0 Å². The first kappa shape index (κ1) is 15.8. The molecule has 3 nitrogen and oxygen atoms in total. The Balaban J connectivity index is 0.00000161. The van der Waals surface area contributed by atoms with Gasteiger partial charge in [-0.25, -0.2) is 4.98 Å². The zero-order chi connectivity index (χ0) is 13.6. The van der Waals surface area contributed by atoms with Gasteiger partial charge >= 0.3 is 0 Å². The lowest BCUT2D eigenvalue weighted by molar-refractivity contribution is 0.267. The van der Waals surface area contributed by atoms with Crippen LogP contribution in [0.2, 0.25) is 0 Å². The van der Waals surface area contributed by atoms with Gasteiger partial charge in [-0.2, -0.15) is 0 Å². The highest BCUT2D eigenvalue weighted by Gasteiger charge is 2.14. The van der Waals surface area contributed by atoms with E-state index in [4.69, 9.17) is 4.74 Å². The lowest BCUT2D eigenvalue weighted by Gasteiger charge is -2.11. The maximum atomic E-state index is 5.72. The number of pyridine rings is 1. The molecule has 0 spiro atoms. The molecule has 1 aliphatic heterocycles. The van der Waals surface area contributed by atoms with E-state index in [0.29, 0.717) is 12.6 Å². The minimum atomic E-state index is 0. The molecule has 1 saturated heterocycles. The summed E-state index contributed by atoms with van der Waals surface area (Å²) >= 11 is 0. The van der Waals surface area contributed by atoms with Crippen LogP contribution in [0.5, 0.6) is 5.88 Å². The fourth-order valence-corrected chi connectivity index (χ4v) is 2.52. The van der Waals surface area contributed by atoms with Crippen molar-refractivity contribution < 1.29 is 4.74 Å². The number of halogens is 1. The minimum absolute atomic E-state index is 0. The van der Waals surface area contributed by atoms with Crippen LogP contribution in [-0.4, -0.2) is 24.2 Å². The Morgan fingerprint density at radius 1 is 1.10 bits per heavy atom. The molecule has 2 aromatic rings. The van der Waals surface area contributed by atoms with Crippen LogP contribution in [0.4, 0.5) is 0 Å². The second-order valence-electron chi connectivity index (χ2n) is 5.27. The number of nitrogens with zero attached hydrogens (tertiary/aromatic N) is 1. The predicted molar refractivity (Wildman–Crippen MR) is 87.3 cm³/mol. The van der Waals surface area contributed by atoms with Gasteiger partial charge in [-0.3, -0.25) is 0 Å². The second-order valence-corrected chi connectivity index (χ2v) is 5.27. The molecule has 1 atom stereocenters. The van der Waals surface area contributed by atoms with E-state index in [-0.39, 0.29) is 12.4 Å². The van der Waals surface area contributed by atoms with Crippen molar-refractivity contribution in [3.63, 3.8) is 0 Å². The van der Waals surface area contributed by atoms with Gasteiger partial charge < -0.3 is 10.1 Å². The standard InChI is InChI=1S/C17H20N2O.ClH/c1-2-5-14(6-3-1)11-15-8-9-17(19-12-15)20-13-16-7-4-10-18-16;/h1-3,5-6,8-9,12,16,18H,4,7,10-11,13H2;1H. The molecule has 1 unspecified atom stereocenters. The van der Waals surface area contributed by atoms with Crippen molar-refractivity contribution in [2.45, 2.75) is 25.3 Å². The van der Waals surface area contributed by atoms with Crippen molar-refractivity contribution in [3.05, 3.63) is 59.8 Å². The summed E-state index contributed by atoms with van der Waals surface area (Å²) in [6, 6.07) is 15.0. The van der Waals surface area contributed by atoms with Gasteiger partial charge in [0.25, 0.3) is 0 Å². The fourth-order valence-electron chi connectivity index (χ4n) is 2.52. The van der Waals surface area contributed by atoms with Crippen molar-refractivity contribution >= 4 is 12.4 Å². The molecule has 1 aromatic heterocycles. The molecule has 1 aromatic carbocycles. The molecule has 1 N–H and O–H groups in total. The number of nitrogens with one attached hydrogen (secondary N) is 1. The number of rotatable bonds is 5. The molecule has 0 bridgehead atoms. The van der Waals surface area contributed by atoms with Gasteiger partial charge in [0.15, 0.2) is 0 Å². The molecular weight excluding hydrogens is 284 g/mol. The van der Waals surface area contributed by atoms with Crippen molar-refractivity contribution in [1.29, 1.82) is 0 Å². The number of aromatic nitrogens is 1. The fraction of sp³-hybridized carbons (Fsp3) is 0.353. The topological polar surface area (TPSA) is 34.1 Å². The molecule has 0 amide bonds. The van der Waals surface area contributed by atoms with E-state index in [1.54, 1.807) is 0 Å². The molecule has 1 fully saturated rings. The summed E-state index contributed by atoms with van der Waals surface area (Å²) in [6.07, 6.45) is 5.27. The minimum Gasteiger partial charge on any atom is -0.476 e. The van der Waals surface area contributed by atoms with Gasteiger partial charge in [-0.1, -0.05) is 36.4 Å². The normalized spacial score (nSPS) is 17.2. The van der Waals surface area contributed by atoms with Gasteiger partial charge in [0.1, 0.15) is 6.61 Å². The third kappa shape index (κ3) is 4.73. The average molecular weight is 305 g/mol. The Morgan fingerprint density at radius 2 is 1.95 bits per heavy atom. The third-order valence-corrected chi connectivity index (χ3v) is 3.64. The number of ether oxygens (including phenoxy) is 1. The molecule has 4 heteroatoms. The largest absolute Gasteiger partial charge is 0.476 e. The number of hydrogen-bond acceptors (Lipinski definition) is 3. The third-order valence-electron chi connectivity index (χ3n) is 3.64. The molecule has 0 saturated carbocycles. The zero-order valence-electron chi connectivity index (χ0n) is 12.0. The molecule has 2 heterocycles. The first-order valence-corrected chi connectivity index (χ1v) is 7.25. The summed E-state index contributed by atoms with van der Waals surface area (Å²) in [6.45, 7) is 1.82. The van der Waals surface area contributed by atoms with Gasteiger partial charge in [-0.05, 0) is 36.9 Å². The van der Waals surface area contributed by atoms with Crippen LogP contribution >= 0.6 is 12.4 Å². The van der Waals surface area contributed by atoms with E-state index in [2.05, 4.69) is 40.6 Å². The van der Waals surface area contributed by atoms with Gasteiger partial charge in [0, 0.05) is 18.3 Å². The Morgan fingerprint density at radius 3 is 2.62 bits per heavy atom. The highest BCUT2D eigenvalue weighted by atomic mass is 35.5. The average Bonchev–Trinajstić information content (AvgIpc) is 3.01. The lowest BCUT2D eigenvalue weighted by Crippen LogP contribution is -2.28. The van der Waals surface area contributed by atoms with Gasteiger partial charge in [-0.15, -0.1) is 12.4 Å². The predicted octanol–water partition coefficient (Wildman–Crippen LogP) is 3.23. The summed E-state index contributed by atoms with van der Waals surface area (Å²) < 4.78 is 5.72. The quantitative estimate of drug-likeness (QED) is 0.921. The second kappa shape index (κ2) is 8.01. The summed E-state index contributed by atoms with van der Waals surface area (Å²) in [7, 11) is 0. The van der Waals surface area contributed by atoms with Crippen LogP contribution in [0.3, 0.4) is 0 Å². The first-order chi connectivity index (χ1) is 9.90. The maximum absolute atomic E-state index is 5.72. The van der Waals surface area contributed by atoms with Crippen LogP contribution in [0.1, 0.15) is 24.0 Å². The zero-order valence-corrected chi connectivity index (χ0v) is 12.8. The van der Waals surface area contributed by atoms with E-state index >= 15 is 0 Å². The summed E-state index contributed by atoms with van der Waals surface area (Å²) in [5.41, 5.74) is 2.51. The van der Waals surface area contributed by atoms with Gasteiger partial charge in [0.05, 0.1) is 0 Å². The Hall–Kier alpha value is -1.58. The lowest BCUT2D eigenvalue weighted by atomic mass is 10.1. The van der Waals surface area contributed by atoms with Crippen LogP contribution in [0, 0.1) is 0 Å². The summed E-state index contributed by atoms with van der Waals surface area (Å²) in [4.78, 5) is 4.39. The van der Waals surface area contributed by atoms with E-state index in [0.717, 1.165) is 18.8 Å². The Bertz CT molecular complexity index is 524. The van der Waals surface area contributed by atoms with Gasteiger partial charge in [0.2, 0.25) is 5.88 Å². The molecule has 1 aliphatic rings. The highest BCUT2D eigenvalue weighted by Crippen LogP contribution is 2.13. The molecule has 0 aliphatic carbocycles. The number of hydrogen-bond donors (Lipinski definition) is 1. The monoisotopic (exact) mass is 304 g/mol. The smallest absolute Gasteiger partial charge is 0.213 e. The molecule has 112 valence electrons. The van der Waals surface area contributed by atoms with Crippen LogP contribution < -0.4 is 10.1 Å². The van der Waals surface area contributed by atoms with Crippen LogP contribution in [-0.2, 0) is 6.42 Å². The molecule has 21 heavy (non-hydrogen) atoms. The van der Waals surface area contributed by atoms with E-state index in [1.807, 2.05) is 18.3 Å². The highest BCUT2D eigenvalue weighted by molar-refractivity contribution is 5.85. The van der Waals surface area contributed by atoms with Crippen molar-refractivity contribution in [2.75, 3.05) is 13.2 Å². The maximum Gasteiger partial charge on any atom is 0.213 e. The van der Waals surface area contributed by atoms with E-state index < -0.39 is 0 Å². The summed E-state index contributed by atoms with van der Waals surface area (Å²) in [5, 5.41) is 3.42. The molecular formula is C17H21ClN2O. The van der Waals surface area contributed by atoms with Crippen molar-refractivity contribution in [2.24, 2.45) is 0 Å². The van der Waals surface area contributed by atoms with E-state index in [1.165, 1.54) is 24.0 Å². The van der Waals surface area contributed by atoms with Crippen LogP contribution in [0.15, 0.2) is 48.7 Å². The first-order valence-electron chi connectivity index (χ1n) is 7.25. The summed E-state index contributed by atoms with van der Waals surface area (Å²) in [5.74, 6) is 0.718. The molecule has 0 radical (unpaired) electrons. The Labute approximate surface area is 132 Å². The molecule has 3 rings (SSSR count). The van der Waals surface area contributed by atoms with Crippen LogP contribution in [0.25, 0.3) is 0 Å².